The lowest BCUT2D eigenvalue weighted by molar-refractivity contribution is 0.102. The number of hydrogen-bond donors (Lipinski definition) is 2. The second kappa shape index (κ2) is 10.8. The number of anilines is 1. The molecule has 0 fully saturated rings. The number of carbonyl (C=O) groups is 1. The van der Waals surface area contributed by atoms with E-state index >= 15 is 0 Å². The van der Waals surface area contributed by atoms with Gasteiger partial charge in [-0.25, -0.2) is 0 Å². The van der Waals surface area contributed by atoms with E-state index in [2.05, 4.69) is 21.8 Å². The van der Waals surface area contributed by atoms with Gasteiger partial charge in [-0.1, -0.05) is 6.07 Å². The van der Waals surface area contributed by atoms with Gasteiger partial charge in [0.15, 0.2) is 0 Å². The van der Waals surface area contributed by atoms with E-state index in [1.807, 2.05) is 25.2 Å². The summed E-state index contributed by atoms with van der Waals surface area (Å²) in [6.07, 6.45) is 2.99. The highest BCUT2D eigenvalue weighted by Gasteiger charge is 2.14. The zero-order valence-corrected chi connectivity index (χ0v) is 17.6. The van der Waals surface area contributed by atoms with Crippen molar-refractivity contribution >= 4 is 11.6 Å². The molecule has 0 atom stereocenters. The summed E-state index contributed by atoms with van der Waals surface area (Å²) in [5.41, 5.74) is 2.81. The number of unbranched alkanes of at least 4 members (excludes halogenated alkanes) is 1. The average molecular weight is 419 g/mol. The van der Waals surface area contributed by atoms with Crippen LogP contribution >= 0.6 is 0 Å². The molecule has 2 N–H and O–H groups in total. The summed E-state index contributed by atoms with van der Waals surface area (Å²) in [6.45, 7) is 1.01. The summed E-state index contributed by atoms with van der Waals surface area (Å²) in [5, 5.41) is 18.9. The van der Waals surface area contributed by atoms with Crippen LogP contribution in [-0.4, -0.2) is 36.1 Å². The van der Waals surface area contributed by atoms with Crippen LogP contribution in [0, 0.1) is 11.3 Å². The number of amides is 1. The second-order valence-corrected chi connectivity index (χ2v) is 6.79. The van der Waals surface area contributed by atoms with Gasteiger partial charge in [0.1, 0.15) is 18.2 Å². The van der Waals surface area contributed by atoms with E-state index in [1.54, 1.807) is 48.3 Å². The first-order chi connectivity index (χ1) is 15.1. The molecule has 0 aliphatic heterocycles. The van der Waals surface area contributed by atoms with Gasteiger partial charge >= 0.3 is 0 Å². The highest BCUT2D eigenvalue weighted by molar-refractivity contribution is 6.04. The van der Waals surface area contributed by atoms with E-state index in [-0.39, 0.29) is 5.91 Å². The number of nitriles is 1. The summed E-state index contributed by atoms with van der Waals surface area (Å²) in [4.78, 5) is 12.7. The fourth-order valence-electron chi connectivity index (χ4n) is 3.03. The molecule has 31 heavy (non-hydrogen) atoms. The van der Waals surface area contributed by atoms with Gasteiger partial charge in [-0.05, 0) is 55.4 Å². The molecule has 8 heteroatoms. The van der Waals surface area contributed by atoms with Crippen molar-refractivity contribution in [2.24, 2.45) is 7.05 Å². The molecule has 0 unspecified atom stereocenters. The summed E-state index contributed by atoms with van der Waals surface area (Å²) in [5.74, 6) is 1.05. The lowest BCUT2D eigenvalue weighted by atomic mass is 10.1. The Bertz CT molecular complexity index is 1070. The third kappa shape index (κ3) is 5.84. The van der Waals surface area contributed by atoms with Gasteiger partial charge in [0, 0.05) is 36.5 Å². The molecule has 0 saturated carbocycles. The van der Waals surface area contributed by atoms with Crippen LogP contribution in [0.3, 0.4) is 0 Å². The maximum atomic E-state index is 12.7. The highest BCUT2D eigenvalue weighted by Crippen LogP contribution is 2.32. The Morgan fingerprint density at radius 2 is 2.10 bits per heavy atom. The molecule has 8 nitrogen and oxygen atoms in total. The number of aryl methyl sites for hydroxylation is 1. The van der Waals surface area contributed by atoms with Gasteiger partial charge in [0.2, 0.25) is 0 Å². The fraction of sp³-hybridized carbons (Fsp3) is 0.261. The van der Waals surface area contributed by atoms with Crippen LogP contribution in [-0.2, 0) is 7.05 Å². The normalized spacial score (nSPS) is 10.4. The lowest BCUT2D eigenvalue weighted by Crippen LogP contribution is -2.21. The summed E-state index contributed by atoms with van der Waals surface area (Å²) in [6, 6.07) is 16.5. The molecule has 0 radical (unpaired) electrons. The van der Waals surface area contributed by atoms with Crippen LogP contribution in [0.1, 0.15) is 23.2 Å². The Morgan fingerprint density at radius 1 is 1.23 bits per heavy atom. The van der Waals surface area contributed by atoms with Crippen molar-refractivity contribution in [3.63, 3.8) is 0 Å². The van der Waals surface area contributed by atoms with Crippen LogP contribution in [0.2, 0.25) is 0 Å². The summed E-state index contributed by atoms with van der Waals surface area (Å²) in [7, 11) is 3.41. The third-order valence-electron chi connectivity index (χ3n) is 4.64. The van der Waals surface area contributed by atoms with E-state index in [1.165, 1.54) is 0 Å². The van der Waals surface area contributed by atoms with Gasteiger partial charge in [-0.2, -0.15) is 10.4 Å². The van der Waals surface area contributed by atoms with Crippen molar-refractivity contribution in [3.05, 3.63) is 60.3 Å². The molecule has 1 aromatic heterocycles. The summed E-state index contributed by atoms with van der Waals surface area (Å²) >= 11 is 0. The molecule has 0 aliphatic rings. The minimum Gasteiger partial charge on any atom is -0.497 e. The molecule has 1 amide bonds. The Balaban J connectivity index is 1.77. The highest BCUT2D eigenvalue weighted by atomic mass is 16.5. The van der Waals surface area contributed by atoms with Crippen molar-refractivity contribution in [1.29, 1.82) is 5.26 Å². The van der Waals surface area contributed by atoms with Crippen LogP contribution in [0.5, 0.6) is 11.5 Å². The van der Waals surface area contributed by atoms with Gasteiger partial charge < -0.3 is 14.8 Å². The second-order valence-electron chi connectivity index (χ2n) is 6.79. The largest absolute Gasteiger partial charge is 0.497 e. The van der Waals surface area contributed by atoms with E-state index in [0.29, 0.717) is 42.4 Å². The topological polar surface area (TPSA) is 101 Å². The molecule has 0 spiro atoms. The molecule has 3 aromatic rings. The minimum absolute atomic E-state index is 0.234. The molecular weight excluding hydrogens is 394 g/mol. The number of benzene rings is 2. The van der Waals surface area contributed by atoms with Crippen LogP contribution in [0.4, 0.5) is 5.69 Å². The number of nitrogens with one attached hydrogen (secondary N) is 2. The monoisotopic (exact) mass is 419 g/mol. The number of ether oxygens (including phenoxy) is 2. The number of nitrogens with zero attached hydrogens (tertiary/aromatic N) is 3. The first-order valence-electron chi connectivity index (χ1n) is 9.90. The minimum atomic E-state index is -0.234. The van der Waals surface area contributed by atoms with Gasteiger partial charge in [-0.3, -0.25) is 14.8 Å². The predicted molar refractivity (Wildman–Crippen MR) is 118 cm³/mol. The quantitative estimate of drug-likeness (QED) is 0.385. The van der Waals surface area contributed by atoms with Crippen LogP contribution in [0.25, 0.3) is 11.3 Å². The summed E-state index contributed by atoms with van der Waals surface area (Å²) < 4.78 is 12.8. The maximum Gasteiger partial charge on any atom is 0.255 e. The molecular formula is C23H25N5O3. The van der Waals surface area contributed by atoms with E-state index < -0.39 is 0 Å². The molecule has 1 heterocycles. The molecule has 160 valence electrons. The average Bonchev–Trinajstić information content (AvgIpc) is 3.22. The van der Waals surface area contributed by atoms with Crippen molar-refractivity contribution < 1.29 is 14.3 Å². The van der Waals surface area contributed by atoms with Gasteiger partial charge in [-0.15, -0.1) is 0 Å². The lowest BCUT2D eigenvalue weighted by Gasteiger charge is -2.15. The zero-order valence-electron chi connectivity index (χ0n) is 17.6. The first-order valence-corrected chi connectivity index (χ1v) is 9.90. The third-order valence-corrected chi connectivity index (χ3v) is 4.64. The molecule has 0 aliphatic carbocycles. The van der Waals surface area contributed by atoms with E-state index in [9.17, 15) is 4.79 Å². The first kappa shape index (κ1) is 21.9. The van der Waals surface area contributed by atoms with Crippen LogP contribution < -0.4 is 20.1 Å². The SMILES string of the molecule is COc1cccc(C(=O)Nc2ccc(OCNCCCC#N)c(-c3ccnn3C)c2)c1. The van der Waals surface area contributed by atoms with Crippen molar-refractivity contribution in [2.75, 3.05) is 25.7 Å². The van der Waals surface area contributed by atoms with Crippen molar-refractivity contribution in [3.8, 4) is 28.8 Å². The molecule has 0 saturated heterocycles. The Hall–Kier alpha value is -3.83. The molecule has 2 aromatic carbocycles. The van der Waals surface area contributed by atoms with Gasteiger partial charge in [0.05, 0.1) is 18.9 Å². The Morgan fingerprint density at radius 3 is 2.84 bits per heavy atom. The van der Waals surface area contributed by atoms with Crippen LogP contribution in [0.15, 0.2) is 54.7 Å². The van der Waals surface area contributed by atoms with Crippen molar-refractivity contribution in [1.82, 2.24) is 15.1 Å². The zero-order chi connectivity index (χ0) is 22.1. The number of carbonyl (C=O) groups excluding carboxylic acids is 1. The number of methoxy groups -OCH3 is 1. The van der Waals surface area contributed by atoms with Gasteiger partial charge in [0.25, 0.3) is 5.91 Å². The Labute approximate surface area is 181 Å². The molecule has 3 rings (SSSR count). The predicted octanol–water partition coefficient (Wildman–Crippen LogP) is 3.58. The number of aromatic nitrogens is 2. The number of rotatable bonds is 10. The Kier molecular flexibility index (Phi) is 7.62. The van der Waals surface area contributed by atoms with E-state index in [0.717, 1.165) is 17.7 Å². The van der Waals surface area contributed by atoms with E-state index in [4.69, 9.17) is 14.7 Å². The fourth-order valence-corrected chi connectivity index (χ4v) is 3.03. The standard InChI is InChI=1S/C23H25N5O3/c1-28-21(10-13-26-28)20-15-18(8-9-22(20)31-16-25-12-4-3-11-24)27-23(29)17-6-5-7-19(14-17)30-2/h5-10,13-15,25H,3-4,12,16H2,1-2H3,(H,27,29). The maximum absolute atomic E-state index is 12.7. The molecule has 0 bridgehead atoms. The van der Waals surface area contributed by atoms with Crippen molar-refractivity contribution in [2.45, 2.75) is 12.8 Å². The smallest absolute Gasteiger partial charge is 0.255 e. The number of hydrogen-bond acceptors (Lipinski definition) is 6.